The predicted molar refractivity (Wildman–Crippen MR) is 170 cm³/mol. The molecule has 37 heavy (non-hydrogen) atoms. The molecule has 0 saturated heterocycles. The highest BCUT2D eigenvalue weighted by Crippen LogP contribution is 2.48. The molecule has 0 amide bonds. The number of benzene rings is 4. The molecule has 0 fully saturated rings. The number of aliphatic imine (C=N–C) groups is 1. The molecule has 178 valence electrons. The Bertz CT molecular complexity index is 1930. The van der Waals surface area contributed by atoms with Gasteiger partial charge in [0, 0.05) is 52.2 Å². The van der Waals surface area contributed by atoms with Gasteiger partial charge in [0.15, 0.2) is 0 Å². The van der Waals surface area contributed by atoms with E-state index < -0.39 is 0 Å². The van der Waals surface area contributed by atoms with Crippen molar-refractivity contribution in [2.45, 2.75) is 25.7 Å². The molecule has 2 aliphatic carbocycles. The second kappa shape index (κ2) is 8.67. The van der Waals surface area contributed by atoms with Crippen molar-refractivity contribution in [3.05, 3.63) is 101 Å². The number of thiophene rings is 1. The monoisotopic (exact) mass is 606 g/mol. The summed E-state index contributed by atoms with van der Waals surface area (Å²) < 4.78 is 9.77. The Balaban J connectivity index is 1.28. The van der Waals surface area contributed by atoms with E-state index in [1.54, 1.807) is 0 Å². The van der Waals surface area contributed by atoms with Gasteiger partial charge < -0.3 is 0 Å². The van der Waals surface area contributed by atoms with Crippen LogP contribution in [0.5, 0.6) is 0 Å². The molecule has 1 aliphatic heterocycles. The van der Waals surface area contributed by atoms with Gasteiger partial charge in [0.25, 0.3) is 0 Å². The van der Waals surface area contributed by atoms with E-state index in [0.717, 1.165) is 37.1 Å². The van der Waals surface area contributed by atoms with Gasteiger partial charge in [-0.1, -0.05) is 72.8 Å². The van der Waals surface area contributed by atoms with Crippen LogP contribution in [0.3, 0.4) is 0 Å². The first kappa shape index (κ1) is 21.8. The lowest BCUT2D eigenvalue weighted by atomic mass is 9.86. The van der Waals surface area contributed by atoms with Crippen molar-refractivity contribution in [1.82, 2.24) is 0 Å². The van der Waals surface area contributed by atoms with E-state index in [0.29, 0.717) is 0 Å². The van der Waals surface area contributed by atoms with Crippen LogP contribution in [-0.2, 0) is 6.42 Å². The van der Waals surface area contributed by atoms with Gasteiger partial charge in [0.05, 0.1) is 9.91 Å². The fourth-order valence-corrected chi connectivity index (χ4v) is 8.60. The number of halogens is 1. The minimum absolute atomic E-state index is 0.348. The van der Waals surface area contributed by atoms with Gasteiger partial charge in [-0.3, -0.25) is 0 Å². The summed E-state index contributed by atoms with van der Waals surface area (Å²) in [4.78, 5) is 4.81. The quantitative estimate of drug-likeness (QED) is 0.179. The highest BCUT2D eigenvalue weighted by Gasteiger charge is 2.21. The van der Waals surface area contributed by atoms with Crippen LogP contribution in [0.1, 0.15) is 41.5 Å². The van der Waals surface area contributed by atoms with Crippen LogP contribution >= 0.6 is 32.4 Å². The molecular weight excluding hydrogens is 583 g/mol. The number of rotatable bonds is 2. The van der Waals surface area contributed by atoms with Gasteiger partial charge in [-0.2, -0.15) is 0 Å². The van der Waals surface area contributed by atoms with Gasteiger partial charge in [-0.05, 0) is 71.0 Å². The summed E-state index contributed by atoms with van der Waals surface area (Å²) in [6.45, 7) is 0. The maximum absolute atomic E-state index is 4.97. The van der Waals surface area contributed by atoms with Crippen LogP contribution in [0, 0.1) is 0 Å². The minimum atomic E-state index is -0.348. The first-order valence-corrected chi connectivity index (χ1v) is 15.8. The van der Waals surface area contributed by atoms with Crippen LogP contribution in [0.4, 0.5) is 11.4 Å². The van der Waals surface area contributed by atoms with Crippen molar-refractivity contribution in [2.24, 2.45) is 8.14 Å². The summed E-state index contributed by atoms with van der Waals surface area (Å²) in [6.07, 6.45) is 13.7. The average molecular weight is 607 g/mol. The molecule has 8 rings (SSSR count). The van der Waals surface area contributed by atoms with E-state index in [4.69, 9.17) is 8.14 Å². The predicted octanol–water partition coefficient (Wildman–Crippen LogP) is 10.9. The first-order chi connectivity index (χ1) is 18.3. The number of fused-ring (bicyclic) bond motifs is 9. The number of nitrogens with zero attached hydrogens (tertiary/aromatic N) is 2. The lowest BCUT2D eigenvalue weighted by Crippen LogP contribution is -1.99. The molecule has 4 aromatic carbocycles. The summed E-state index contributed by atoms with van der Waals surface area (Å²) >= 11 is 1.57. The first-order valence-electron chi connectivity index (χ1n) is 12.8. The second-order valence-electron chi connectivity index (χ2n) is 9.85. The highest BCUT2D eigenvalue weighted by atomic mass is 127. The van der Waals surface area contributed by atoms with E-state index in [1.807, 2.05) is 15.6 Å². The van der Waals surface area contributed by atoms with Crippen molar-refractivity contribution in [3.8, 4) is 0 Å². The molecule has 4 heteroatoms. The Labute approximate surface area is 229 Å². The molecule has 5 aromatic rings. The maximum atomic E-state index is 4.97. The molecule has 0 N–H and O–H groups in total. The van der Waals surface area contributed by atoms with Crippen LogP contribution in [-0.4, -0.2) is 4.22 Å². The van der Waals surface area contributed by atoms with E-state index in [-0.39, 0.29) is 21.0 Å². The Morgan fingerprint density at radius 1 is 0.811 bits per heavy atom. The van der Waals surface area contributed by atoms with Crippen molar-refractivity contribution >= 4 is 96.1 Å². The van der Waals surface area contributed by atoms with Gasteiger partial charge in [-0.25, -0.2) is 8.14 Å². The van der Waals surface area contributed by atoms with Gasteiger partial charge in [0.1, 0.15) is 5.69 Å². The van der Waals surface area contributed by atoms with Crippen LogP contribution < -0.4 is 0 Å². The Kier molecular flexibility index (Phi) is 5.12. The van der Waals surface area contributed by atoms with Gasteiger partial charge in [0.2, 0.25) is 0 Å². The second-order valence-corrected chi connectivity index (χ2v) is 12.5. The minimum Gasteiger partial charge on any atom is -0.246 e. The van der Waals surface area contributed by atoms with Gasteiger partial charge >= 0.3 is 0 Å². The van der Waals surface area contributed by atoms with Gasteiger partial charge in [-0.15, -0.1) is 11.3 Å². The number of aryl methyl sites for hydroxylation is 1. The smallest absolute Gasteiger partial charge is 0.103 e. The lowest BCUT2D eigenvalue weighted by Gasteiger charge is -2.21. The average Bonchev–Trinajstić information content (AvgIpc) is 3.36. The summed E-state index contributed by atoms with van der Waals surface area (Å²) in [5, 5.41) is 5.36. The standard InChI is InChI=1S/C33H23IN2S/c1-2-11-26-24(9-1)29-18-21(15-16-27(29)32-31(26)35-19-34-36-32)20-7-5-8-22(17-20)23-12-6-13-28-25-10-3-4-14-30(25)37-33(23)28/h2-4,6,8,10-19H,1,5,7,9H2. The fraction of sp³-hybridized carbons (Fsp3) is 0.121. The fourth-order valence-electron chi connectivity index (χ4n) is 6.07. The van der Waals surface area contributed by atoms with Crippen molar-refractivity contribution in [1.29, 1.82) is 0 Å². The SMILES string of the molecule is C1=Cc2c3c(c4ccc(C5=CC(c6cccc7c6sc6ccccc67)=CCC5)cc4c2CC1)N=IC=N3. The third kappa shape index (κ3) is 3.46. The van der Waals surface area contributed by atoms with E-state index in [1.165, 1.54) is 64.3 Å². The van der Waals surface area contributed by atoms with E-state index in [9.17, 15) is 0 Å². The number of allylic oxidation sites excluding steroid dienone is 5. The molecule has 0 radical (unpaired) electrons. The van der Waals surface area contributed by atoms with Crippen LogP contribution in [0.15, 0.2) is 87.0 Å². The molecule has 3 aliphatic rings. The van der Waals surface area contributed by atoms with Crippen molar-refractivity contribution in [2.75, 3.05) is 0 Å². The summed E-state index contributed by atoms with van der Waals surface area (Å²) in [5.74, 6) is 0. The molecule has 0 saturated carbocycles. The molecule has 1 aromatic heterocycles. The Hall–Kier alpha value is -3.22. The van der Waals surface area contributed by atoms with Crippen molar-refractivity contribution in [3.63, 3.8) is 0 Å². The van der Waals surface area contributed by atoms with Crippen molar-refractivity contribution < 1.29 is 0 Å². The molecule has 2 nitrogen and oxygen atoms in total. The highest BCUT2D eigenvalue weighted by molar-refractivity contribution is 14.2. The normalized spacial score (nSPS) is 16.4. The molecule has 0 unspecified atom stereocenters. The Morgan fingerprint density at radius 3 is 2.76 bits per heavy atom. The summed E-state index contributed by atoms with van der Waals surface area (Å²) in [7, 11) is 0. The summed E-state index contributed by atoms with van der Waals surface area (Å²) in [5.41, 5.74) is 10.4. The largest absolute Gasteiger partial charge is 0.246 e. The topological polar surface area (TPSA) is 24.7 Å². The lowest BCUT2D eigenvalue weighted by molar-refractivity contribution is 0.997. The third-order valence-electron chi connectivity index (χ3n) is 7.80. The Morgan fingerprint density at radius 2 is 1.76 bits per heavy atom. The zero-order chi connectivity index (χ0) is 24.3. The third-order valence-corrected chi connectivity index (χ3v) is 10.3. The number of hydrogen-bond acceptors (Lipinski definition) is 3. The molecule has 0 atom stereocenters. The molecule has 0 spiro atoms. The van der Waals surface area contributed by atoms with E-state index >= 15 is 0 Å². The molecule has 0 bridgehead atoms. The molecule has 2 heterocycles. The maximum Gasteiger partial charge on any atom is 0.103 e. The molecular formula is C33H23IN2S. The van der Waals surface area contributed by atoms with E-state index in [2.05, 4.69) is 85.0 Å². The summed E-state index contributed by atoms with van der Waals surface area (Å²) in [6, 6.07) is 22.6. The van der Waals surface area contributed by atoms with Crippen LogP contribution in [0.25, 0.3) is 48.2 Å². The number of hydrogen-bond donors (Lipinski definition) is 0. The zero-order valence-electron chi connectivity index (χ0n) is 20.2. The van der Waals surface area contributed by atoms with Crippen LogP contribution in [0.2, 0.25) is 0 Å². The zero-order valence-corrected chi connectivity index (χ0v) is 23.1.